The molecule has 11 heteroatoms. The summed E-state index contributed by atoms with van der Waals surface area (Å²) in [6.07, 6.45) is -5.08. The first-order chi connectivity index (χ1) is 15.4. The van der Waals surface area contributed by atoms with E-state index in [1.165, 1.54) is 0 Å². The van der Waals surface area contributed by atoms with Crippen LogP contribution in [-0.4, -0.2) is 25.0 Å². The van der Waals surface area contributed by atoms with Gasteiger partial charge in [-0.2, -0.15) is 13.2 Å². The van der Waals surface area contributed by atoms with Gasteiger partial charge in [-0.05, 0) is 49.7 Å². The molecule has 1 fully saturated rings. The van der Waals surface area contributed by atoms with Gasteiger partial charge in [0.2, 0.25) is 5.91 Å². The monoisotopic (exact) mass is 487 g/mol. The molecule has 3 N–H and O–H groups in total. The molecule has 3 rings (SSSR count). The van der Waals surface area contributed by atoms with Crippen LogP contribution in [0, 0.1) is 11.2 Å². The number of esters is 1. The number of carbonyl (C=O) groups is 2. The summed E-state index contributed by atoms with van der Waals surface area (Å²) >= 11 is 5.99. The SMILES string of the molecule is CCOC(=O)C1(C)CNNC1(CC(=O)Nc1ccc(C(F)(F)F)cc1F)c1ccc(Cl)cc1. The summed E-state index contributed by atoms with van der Waals surface area (Å²) in [6.45, 7) is 3.52. The van der Waals surface area contributed by atoms with Gasteiger partial charge in [0.05, 0.1) is 29.8 Å². The van der Waals surface area contributed by atoms with E-state index in [0.29, 0.717) is 22.7 Å². The largest absolute Gasteiger partial charge is 0.465 e. The molecular weight excluding hydrogens is 466 g/mol. The van der Waals surface area contributed by atoms with E-state index in [1.807, 2.05) is 0 Å². The van der Waals surface area contributed by atoms with E-state index >= 15 is 0 Å². The molecule has 1 aliphatic rings. The topological polar surface area (TPSA) is 79.5 Å². The van der Waals surface area contributed by atoms with Gasteiger partial charge in [-0.1, -0.05) is 23.7 Å². The zero-order chi connectivity index (χ0) is 24.4. The van der Waals surface area contributed by atoms with E-state index in [4.69, 9.17) is 16.3 Å². The molecule has 2 aromatic carbocycles. The average molecular weight is 488 g/mol. The molecule has 6 nitrogen and oxygen atoms in total. The molecule has 1 aliphatic heterocycles. The summed E-state index contributed by atoms with van der Waals surface area (Å²) in [4.78, 5) is 25.9. The summed E-state index contributed by atoms with van der Waals surface area (Å²) in [5.41, 5.74) is 2.27. The Labute approximate surface area is 192 Å². The van der Waals surface area contributed by atoms with Crippen LogP contribution in [0.25, 0.3) is 0 Å². The van der Waals surface area contributed by atoms with Crippen LogP contribution < -0.4 is 16.2 Å². The highest BCUT2D eigenvalue weighted by Crippen LogP contribution is 2.46. The predicted octanol–water partition coefficient (Wildman–Crippen LogP) is 4.40. The van der Waals surface area contributed by atoms with E-state index in [9.17, 15) is 27.2 Å². The van der Waals surface area contributed by atoms with Crippen molar-refractivity contribution in [1.29, 1.82) is 0 Å². The highest BCUT2D eigenvalue weighted by molar-refractivity contribution is 6.30. The molecule has 1 amide bonds. The third-order valence-corrected chi connectivity index (χ3v) is 6.00. The fourth-order valence-corrected chi connectivity index (χ4v) is 4.02. The second-order valence-corrected chi connectivity index (χ2v) is 8.30. The van der Waals surface area contributed by atoms with Gasteiger partial charge >= 0.3 is 12.1 Å². The minimum Gasteiger partial charge on any atom is -0.465 e. The summed E-state index contributed by atoms with van der Waals surface area (Å²) in [6, 6.07) is 8.30. The number of anilines is 1. The number of carbonyl (C=O) groups excluding carboxylic acids is 2. The molecule has 33 heavy (non-hydrogen) atoms. The van der Waals surface area contributed by atoms with E-state index in [2.05, 4.69) is 16.2 Å². The molecule has 178 valence electrons. The highest BCUT2D eigenvalue weighted by atomic mass is 35.5. The molecule has 1 saturated heterocycles. The van der Waals surface area contributed by atoms with Gasteiger partial charge < -0.3 is 10.1 Å². The summed E-state index contributed by atoms with van der Waals surface area (Å²) in [5, 5.41) is 2.74. The lowest BCUT2D eigenvalue weighted by molar-refractivity contribution is -0.157. The van der Waals surface area contributed by atoms with Crippen molar-refractivity contribution >= 4 is 29.2 Å². The quantitative estimate of drug-likeness (QED) is 0.416. The minimum atomic E-state index is -4.72. The van der Waals surface area contributed by atoms with E-state index < -0.39 is 46.1 Å². The van der Waals surface area contributed by atoms with Crippen molar-refractivity contribution < 1.29 is 31.9 Å². The van der Waals surface area contributed by atoms with Crippen molar-refractivity contribution in [3.63, 3.8) is 0 Å². The third kappa shape index (κ3) is 4.83. The van der Waals surface area contributed by atoms with Crippen molar-refractivity contribution in [3.05, 3.63) is 64.4 Å². The Kier molecular flexibility index (Phi) is 7.01. The Hall–Kier alpha value is -2.69. The van der Waals surface area contributed by atoms with Crippen LogP contribution in [0.3, 0.4) is 0 Å². The fraction of sp³-hybridized carbons (Fsp3) is 0.364. The second-order valence-electron chi connectivity index (χ2n) is 7.86. The van der Waals surface area contributed by atoms with Crippen LogP contribution >= 0.6 is 11.6 Å². The molecule has 2 aromatic rings. The first-order valence-electron chi connectivity index (χ1n) is 10.0. The molecule has 2 atom stereocenters. The number of ether oxygens (including phenoxy) is 1. The molecule has 0 aromatic heterocycles. The average Bonchev–Trinajstić information content (AvgIpc) is 3.07. The summed E-state index contributed by atoms with van der Waals surface area (Å²) in [5.74, 6) is -2.52. The van der Waals surface area contributed by atoms with Gasteiger partial charge in [0.1, 0.15) is 11.2 Å². The van der Waals surface area contributed by atoms with Crippen molar-refractivity contribution in [2.45, 2.75) is 32.0 Å². The van der Waals surface area contributed by atoms with Crippen molar-refractivity contribution in [2.75, 3.05) is 18.5 Å². The Morgan fingerprint density at radius 1 is 1.18 bits per heavy atom. The number of hydrogen-bond donors (Lipinski definition) is 3. The molecule has 0 bridgehead atoms. The smallest absolute Gasteiger partial charge is 0.416 e. The number of benzene rings is 2. The van der Waals surface area contributed by atoms with Crippen LogP contribution in [0.2, 0.25) is 5.02 Å². The number of hydrazine groups is 1. The van der Waals surface area contributed by atoms with Gasteiger partial charge in [-0.25, -0.2) is 9.82 Å². The van der Waals surface area contributed by atoms with E-state index in [1.54, 1.807) is 38.1 Å². The third-order valence-electron chi connectivity index (χ3n) is 5.74. The Morgan fingerprint density at radius 3 is 2.42 bits per heavy atom. The minimum absolute atomic E-state index is 0.119. The molecule has 2 unspecified atom stereocenters. The molecule has 0 saturated carbocycles. The summed E-state index contributed by atoms with van der Waals surface area (Å²) < 4.78 is 57.9. The standard InChI is InChI=1S/C22H22ClF4N3O3/c1-3-33-19(32)20(2)12-28-30-21(20,13-4-7-15(23)8-5-13)11-18(31)29-17-9-6-14(10-16(17)24)22(25,26)27/h4-10,28,30H,3,11-12H2,1-2H3,(H,29,31). The Bertz CT molecular complexity index is 1050. The maximum absolute atomic E-state index is 14.3. The van der Waals surface area contributed by atoms with Crippen LogP contribution in [0.15, 0.2) is 42.5 Å². The van der Waals surface area contributed by atoms with Crippen molar-refractivity contribution in [3.8, 4) is 0 Å². The summed E-state index contributed by atoms with van der Waals surface area (Å²) in [7, 11) is 0. The molecule has 0 aliphatic carbocycles. The molecular formula is C22H22ClF4N3O3. The lowest BCUT2D eigenvalue weighted by Gasteiger charge is -2.40. The van der Waals surface area contributed by atoms with Crippen molar-refractivity contribution in [2.24, 2.45) is 5.41 Å². The Morgan fingerprint density at radius 2 is 1.85 bits per heavy atom. The zero-order valence-corrected chi connectivity index (χ0v) is 18.5. The van der Waals surface area contributed by atoms with Gasteiger partial charge in [-0.15, -0.1) is 0 Å². The van der Waals surface area contributed by atoms with Gasteiger partial charge in [0, 0.05) is 11.6 Å². The van der Waals surface area contributed by atoms with Crippen LogP contribution in [0.5, 0.6) is 0 Å². The van der Waals surface area contributed by atoms with E-state index in [-0.39, 0.29) is 19.6 Å². The van der Waals surface area contributed by atoms with Crippen LogP contribution in [-0.2, 0) is 26.0 Å². The fourth-order valence-electron chi connectivity index (χ4n) is 3.89. The first-order valence-corrected chi connectivity index (χ1v) is 10.4. The number of nitrogens with one attached hydrogen (secondary N) is 3. The lowest BCUT2D eigenvalue weighted by atomic mass is 9.66. The number of halogens is 5. The highest BCUT2D eigenvalue weighted by Gasteiger charge is 2.59. The number of hydrogen-bond acceptors (Lipinski definition) is 5. The zero-order valence-electron chi connectivity index (χ0n) is 17.8. The molecule has 0 radical (unpaired) electrons. The van der Waals surface area contributed by atoms with Gasteiger partial charge in [0.15, 0.2) is 0 Å². The maximum atomic E-state index is 14.3. The maximum Gasteiger partial charge on any atom is 0.416 e. The first kappa shape index (κ1) is 24.9. The number of amides is 1. The normalized spacial score (nSPS) is 22.8. The predicted molar refractivity (Wildman–Crippen MR) is 114 cm³/mol. The Balaban J connectivity index is 1.95. The molecule has 1 heterocycles. The number of rotatable bonds is 6. The number of alkyl halides is 3. The van der Waals surface area contributed by atoms with Gasteiger partial charge in [0.25, 0.3) is 0 Å². The second kappa shape index (κ2) is 9.28. The van der Waals surface area contributed by atoms with Crippen LogP contribution in [0.1, 0.15) is 31.4 Å². The van der Waals surface area contributed by atoms with Gasteiger partial charge in [-0.3, -0.25) is 15.0 Å². The van der Waals surface area contributed by atoms with Crippen LogP contribution in [0.4, 0.5) is 23.2 Å². The van der Waals surface area contributed by atoms with E-state index in [0.717, 1.165) is 6.07 Å². The van der Waals surface area contributed by atoms with Crippen molar-refractivity contribution in [1.82, 2.24) is 10.9 Å². The molecule has 0 spiro atoms. The lowest BCUT2D eigenvalue weighted by Crippen LogP contribution is -2.55.